The molecule has 0 aromatic carbocycles. The monoisotopic (exact) mass is 358 g/mol. The molecule has 2 heterocycles. The van der Waals surface area contributed by atoms with Crippen LogP contribution in [0.25, 0.3) is 0 Å². The minimum Gasteiger partial charge on any atom is -0.393 e. The van der Waals surface area contributed by atoms with Crippen LogP contribution in [-0.2, 0) is 9.47 Å². The molecule has 1 saturated heterocycles. The van der Waals surface area contributed by atoms with Crippen molar-refractivity contribution in [2.24, 2.45) is 0 Å². The van der Waals surface area contributed by atoms with Crippen molar-refractivity contribution in [3.63, 3.8) is 0 Å². The zero-order chi connectivity index (χ0) is 16.6. The van der Waals surface area contributed by atoms with Crippen LogP contribution in [-0.4, -0.2) is 39.8 Å². The molecule has 0 unspecified atom stereocenters. The number of nitrogens with two attached hydrogens (primary N) is 1. The number of anilines is 2. The van der Waals surface area contributed by atoms with Crippen molar-refractivity contribution in [3.05, 3.63) is 5.15 Å². The van der Waals surface area contributed by atoms with Gasteiger partial charge < -0.3 is 20.5 Å². The Morgan fingerprint density at radius 1 is 1.35 bits per heavy atom. The van der Waals surface area contributed by atoms with Crippen molar-refractivity contribution in [1.82, 2.24) is 9.97 Å². The molecule has 23 heavy (non-hydrogen) atoms. The summed E-state index contributed by atoms with van der Waals surface area (Å²) in [6.07, 6.45) is 3.08. The number of hydrogen-bond acceptors (Lipinski definition) is 7. The number of rotatable bonds is 5. The Balaban J connectivity index is 1.76. The van der Waals surface area contributed by atoms with Crippen molar-refractivity contribution >= 4 is 34.9 Å². The van der Waals surface area contributed by atoms with E-state index in [1.54, 1.807) is 11.8 Å². The third-order valence-corrected chi connectivity index (χ3v) is 5.36. The fraction of sp³-hybridized carbons (Fsp3) is 0.733. The molecule has 2 aliphatic rings. The maximum absolute atomic E-state index is 6.15. The lowest BCUT2D eigenvalue weighted by Gasteiger charge is -2.23. The summed E-state index contributed by atoms with van der Waals surface area (Å²) in [6, 6.07) is 0.110. The molecule has 1 aliphatic heterocycles. The normalized spacial score (nSPS) is 28.8. The molecule has 1 aromatic heterocycles. The van der Waals surface area contributed by atoms with Crippen molar-refractivity contribution in [2.75, 3.05) is 16.8 Å². The summed E-state index contributed by atoms with van der Waals surface area (Å²) in [6.45, 7) is 6.00. The second-order valence-corrected chi connectivity index (χ2v) is 7.79. The number of halogens is 1. The van der Waals surface area contributed by atoms with Gasteiger partial charge in [-0.1, -0.05) is 30.3 Å². The van der Waals surface area contributed by atoms with Crippen molar-refractivity contribution in [1.29, 1.82) is 0 Å². The highest BCUT2D eigenvalue weighted by atomic mass is 35.5. The van der Waals surface area contributed by atoms with Crippen LogP contribution in [0.2, 0.25) is 5.15 Å². The molecule has 0 bridgehead atoms. The maximum Gasteiger partial charge on any atom is 0.191 e. The molecule has 1 aromatic rings. The summed E-state index contributed by atoms with van der Waals surface area (Å²) in [5.74, 6) is 0.994. The lowest BCUT2D eigenvalue weighted by atomic mass is 10.2. The van der Waals surface area contributed by atoms with Gasteiger partial charge in [-0.05, 0) is 33.1 Å². The van der Waals surface area contributed by atoms with Gasteiger partial charge in [0.2, 0.25) is 0 Å². The predicted molar refractivity (Wildman–Crippen MR) is 92.9 cm³/mol. The first-order valence-corrected chi connectivity index (χ1v) is 9.34. The number of fused-ring (bicyclic) bond motifs is 1. The third-order valence-electron chi connectivity index (χ3n) is 4.02. The second kappa shape index (κ2) is 6.63. The molecule has 8 heteroatoms. The van der Waals surface area contributed by atoms with Crippen molar-refractivity contribution in [3.8, 4) is 0 Å². The van der Waals surface area contributed by atoms with E-state index in [0.717, 1.165) is 25.0 Å². The molecule has 6 nitrogen and oxygen atoms in total. The third kappa shape index (κ3) is 3.68. The van der Waals surface area contributed by atoms with Gasteiger partial charge in [0.25, 0.3) is 0 Å². The van der Waals surface area contributed by atoms with Gasteiger partial charge in [0.05, 0.1) is 12.1 Å². The Bertz CT molecular complexity index is 587. The van der Waals surface area contributed by atoms with Gasteiger partial charge in [-0.2, -0.15) is 0 Å². The number of hydrogen-bond donors (Lipinski definition) is 2. The Morgan fingerprint density at radius 2 is 2.13 bits per heavy atom. The molecule has 1 saturated carbocycles. The number of nitrogen functional groups attached to an aromatic ring is 1. The fourth-order valence-corrected chi connectivity index (χ4v) is 3.97. The summed E-state index contributed by atoms with van der Waals surface area (Å²) in [7, 11) is 0. The standard InChI is InChI=1S/C15H23ClN4O2S/c1-4-7-23-14-19-12(16)10(17)13(20-14)18-8-5-6-9-11(8)22-15(2,3)21-9/h8-9,11H,4-7,17H2,1-3H3,(H,18,19,20)/t8-,9-,11+/m1/s1. The van der Waals surface area contributed by atoms with Crippen molar-refractivity contribution in [2.45, 2.75) is 69.2 Å². The van der Waals surface area contributed by atoms with Crippen LogP contribution in [0.3, 0.4) is 0 Å². The van der Waals surface area contributed by atoms with Gasteiger partial charge in [0.1, 0.15) is 11.8 Å². The van der Waals surface area contributed by atoms with E-state index in [-0.39, 0.29) is 18.2 Å². The minimum absolute atomic E-state index is 0.00452. The zero-order valence-electron chi connectivity index (χ0n) is 13.6. The largest absolute Gasteiger partial charge is 0.393 e. The quantitative estimate of drug-likeness (QED) is 0.474. The van der Waals surface area contributed by atoms with Gasteiger partial charge in [-0.15, -0.1) is 0 Å². The molecule has 0 radical (unpaired) electrons. The summed E-state index contributed by atoms with van der Waals surface area (Å²) in [4.78, 5) is 8.75. The molecule has 3 rings (SSSR count). The maximum atomic E-state index is 6.15. The fourth-order valence-electron chi connectivity index (χ4n) is 3.06. The molecule has 3 atom stereocenters. The SMILES string of the molecule is CCCSc1nc(Cl)c(N)c(N[C@@H]2CC[C@H]3OC(C)(C)O[C@@H]23)n1. The summed E-state index contributed by atoms with van der Waals surface area (Å²) >= 11 is 7.73. The first-order valence-electron chi connectivity index (χ1n) is 7.97. The van der Waals surface area contributed by atoms with Crippen LogP contribution < -0.4 is 11.1 Å². The van der Waals surface area contributed by atoms with Crippen LogP contribution in [0.5, 0.6) is 0 Å². The number of nitrogens with zero attached hydrogens (tertiary/aromatic N) is 2. The van der Waals surface area contributed by atoms with E-state index in [9.17, 15) is 0 Å². The van der Waals surface area contributed by atoms with Crippen LogP contribution in [0.15, 0.2) is 5.16 Å². The van der Waals surface area contributed by atoms with E-state index < -0.39 is 5.79 Å². The zero-order valence-corrected chi connectivity index (χ0v) is 15.2. The van der Waals surface area contributed by atoms with Gasteiger partial charge in [-0.25, -0.2) is 9.97 Å². The first kappa shape index (κ1) is 17.1. The van der Waals surface area contributed by atoms with E-state index in [0.29, 0.717) is 21.8 Å². The van der Waals surface area contributed by atoms with E-state index >= 15 is 0 Å². The van der Waals surface area contributed by atoms with Crippen LogP contribution in [0, 0.1) is 0 Å². The lowest BCUT2D eigenvalue weighted by Crippen LogP contribution is -2.34. The van der Waals surface area contributed by atoms with E-state index in [1.165, 1.54) is 0 Å². The Kier molecular flexibility index (Phi) is 4.92. The number of thioether (sulfide) groups is 1. The Hall–Kier alpha value is -0.760. The Labute approximate surface area is 145 Å². The molecule has 2 fully saturated rings. The van der Waals surface area contributed by atoms with Crippen LogP contribution >= 0.6 is 23.4 Å². The first-order chi connectivity index (χ1) is 10.9. The topological polar surface area (TPSA) is 82.3 Å². The van der Waals surface area contributed by atoms with Gasteiger partial charge >= 0.3 is 0 Å². The van der Waals surface area contributed by atoms with Gasteiger partial charge in [0, 0.05) is 5.75 Å². The Morgan fingerprint density at radius 3 is 2.87 bits per heavy atom. The van der Waals surface area contributed by atoms with Gasteiger partial charge in [-0.3, -0.25) is 0 Å². The van der Waals surface area contributed by atoms with E-state index in [1.807, 2.05) is 13.8 Å². The highest BCUT2D eigenvalue weighted by Gasteiger charge is 2.49. The average molecular weight is 359 g/mol. The summed E-state index contributed by atoms with van der Waals surface area (Å²) < 4.78 is 11.9. The molecular formula is C15H23ClN4O2S. The number of nitrogens with one attached hydrogen (secondary N) is 1. The smallest absolute Gasteiger partial charge is 0.191 e. The highest BCUT2D eigenvalue weighted by Crippen LogP contribution is 2.40. The average Bonchev–Trinajstić information content (AvgIpc) is 2.98. The number of ether oxygens (including phenoxy) is 2. The lowest BCUT2D eigenvalue weighted by molar-refractivity contribution is -0.152. The molecule has 0 amide bonds. The molecule has 3 N–H and O–H groups in total. The number of aromatic nitrogens is 2. The summed E-state index contributed by atoms with van der Waals surface area (Å²) in [5, 5.41) is 4.33. The molecule has 0 spiro atoms. The highest BCUT2D eigenvalue weighted by molar-refractivity contribution is 7.99. The second-order valence-electron chi connectivity index (χ2n) is 6.37. The molecule has 128 valence electrons. The van der Waals surface area contributed by atoms with Crippen LogP contribution in [0.1, 0.15) is 40.0 Å². The minimum atomic E-state index is -0.535. The van der Waals surface area contributed by atoms with E-state index in [2.05, 4.69) is 22.2 Å². The molecular weight excluding hydrogens is 336 g/mol. The predicted octanol–water partition coefficient (Wildman–Crippen LogP) is 3.31. The summed E-state index contributed by atoms with van der Waals surface area (Å²) in [5.41, 5.74) is 6.43. The van der Waals surface area contributed by atoms with Gasteiger partial charge in [0.15, 0.2) is 21.9 Å². The van der Waals surface area contributed by atoms with E-state index in [4.69, 9.17) is 26.8 Å². The van der Waals surface area contributed by atoms with Crippen LogP contribution in [0.4, 0.5) is 11.5 Å². The molecule has 1 aliphatic carbocycles. The van der Waals surface area contributed by atoms with Crippen molar-refractivity contribution < 1.29 is 9.47 Å².